The van der Waals surface area contributed by atoms with Crippen LogP contribution >= 0.6 is 0 Å². The first-order valence-corrected chi connectivity index (χ1v) is 9.77. The van der Waals surface area contributed by atoms with Gasteiger partial charge in [0.05, 0.1) is 19.1 Å². The second-order valence-corrected chi connectivity index (χ2v) is 7.15. The van der Waals surface area contributed by atoms with Crippen molar-refractivity contribution in [3.8, 4) is 0 Å². The van der Waals surface area contributed by atoms with E-state index in [0.29, 0.717) is 6.42 Å². The lowest BCUT2D eigenvalue weighted by Gasteiger charge is -2.25. The van der Waals surface area contributed by atoms with Gasteiger partial charge in [0.2, 0.25) is 17.7 Å². The van der Waals surface area contributed by atoms with Crippen LogP contribution in [0.2, 0.25) is 0 Å². The normalized spacial score (nSPS) is 15.4. The van der Waals surface area contributed by atoms with Gasteiger partial charge < -0.3 is 42.1 Å². The van der Waals surface area contributed by atoms with E-state index >= 15 is 0 Å². The Hall–Kier alpha value is -3.26. The molecule has 0 saturated heterocycles. The molecule has 0 bridgehead atoms. The summed E-state index contributed by atoms with van der Waals surface area (Å²) in [6.45, 7) is 2.50. The van der Waals surface area contributed by atoms with Crippen molar-refractivity contribution in [2.45, 2.75) is 63.7 Å². The smallest absolute Gasteiger partial charge is 0.328 e. The van der Waals surface area contributed by atoms with Crippen molar-refractivity contribution >= 4 is 35.6 Å². The van der Waals surface area contributed by atoms with Crippen molar-refractivity contribution in [3.05, 3.63) is 0 Å². The molecule has 5 atom stereocenters. The third-order valence-electron chi connectivity index (χ3n) is 4.65. The van der Waals surface area contributed by atoms with Crippen molar-refractivity contribution in [1.29, 1.82) is 0 Å². The summed E-state index contributed by atoms with van der Waals surface area (Å²) in [5.74, 6) is -7.63. The number of carboxylic acid groups (broad SMARTS) is 3. The number of carbonyl (C=O) groups excluding carboxylic acids is 3. The first-order chi connectivity index (χ1) is 14.8. The van der Waals surface area contributed by atoms with Gasteiger partial charge in [-0.2, -0.15) is 0 Å². The van der Waals surface area contributed by atoms with E-state index in [-0.39, 0.29) is 12.3 Å². The van der Waals surface area contributed by atoms with Crippen LogP contribution in [0.15, 0.2) is 0 Å². The zero-order valence-corrected chi connectivity index (χ0v) is 17.7. The molecule has 0 rings (SSSR count). The molecular formula is C18H30N4O10. The van der Waals surface area contributed by atoms with Gasteiger partial charge in [0.25, 0.3) is 0 Å². The van der Waals surface area contributed by atoms with Gasteiger partial charge in [0, 0.05) is 6.42 Å². The number of carbonyl (C=O) groups is 6. The lowest BCUT2D eigenvalue weighted by molar-refractivity contribution is -0.144. The predicted molar refractivity (Wildman–Crippen MR) is 107 cm³/mol. The van der Waals surface area contributed by atoms with Gasteiger partial charge in [-0.15, -0.1) is 0 Å². The fourth-order valence-corrected chi connectivity index (χ4v) is 2.43. The van der Waals surface area contributed by atoms with Crippen LogP contribution in [0.1, 0.15) is 39.5 Å². The highest BCUT2D eigenvalue weighted by molar-refractivity contribution is 5.95. The SMILES string of the molecule is CCC(C)C(N)C(=O)NC(CCC(=O)O)C(=O)NC(CC(=O)O)C(=O)NC(CO)C(=O)O. The maximum absolute atomic E-state index is 12.6. The standard InChI is InChI=1S/C18H30N4O10/c1-3-8(2)14(19)17(30)20-9(4-5-12(24)25)15(28)21-10(6-13(26)27)16(29)22-11(7-23)18(31)32/h8-11,14,23H,3-7,19H2,1-2H3,(H,20,30)(H,21,28)(H,22,29)(H,24,25)(H,26,27)(H,31,32). The Labute approximate surface area is 183 Å². The first kappa shape index (κ1) is 28.7. The van der Waals surface area contributed by atoms with Gasteiger partial charge in [0.15, 0.2) is 0 Å². The molecule has 0 aliphatic carbocycles. The number of aliphatic hydroxyl groups excluding tert-OH is 1. The highest BCUT2D eigenvalue weighted by Gasteiger charge is 2.32. The Morgan fingerprint density at radius 1 is 0.812 bits per heavy atom. The fraction of sp³-hybridized carbons (Fsp3) is 0.667. The number of nitrogens with one attached hydrogen (secondary N) is 3. The van der Waals surface area contributed by atoms with Crippen LogP contribution in [0.3, 0.4) is 0 Å². The molecule has 14 nitrogen and oxygen atoms in total. The number of carboxylic acids is 3. The summed E-state index contributed by atoms with van der Waals surface area (Å²) in [7, 11) is 0. The van der Waals surface area contributed by atoms with Gasteiger partial charge in [0.1, 0.15) is 18.1 Å². The second kappa shape index (κ2) is 13.9. The molecule has 0 heterocycles. The minimum Gasteiger partial charge on any atom is -0.481 e. The monoisotopic (exact) mass is 462 g/mol. The Morgan fingerprint density at radius 2 is 1.31 bits per heavy atom. The summed E-state index contributed by atoms with van der Waals surface area (Å²) in [5, 5.41) is 42.1. The molecule has 5 unspecified atom stereocenters. The molecule has 0 saturated carbocycles. The summed E-state index contributed by atoms with van der Waals surface area (Å²) < 4.78 is 0. The van der Waals surface area contributed by atoms with Crippen molar-refractivity contribution < 1.29 is 49.2 Å². The molecule has 14 heteroatoms. The molecule has 9 N–H and O–H groups in total. The van der Waals surface area contributed by atoms with Crippen molar-refractivity contribution in [1.82, 2.24) is 16.0 Å². The Kier molecular flexibility index (Phi) is 12.5. The molecule has 32 heavy (non-hydrogen) atoms. The van der Waals surface area contributed by atoms with E-state index in [1.807, 2.05) is 5.32 Å². The van der Waals surface area contributed by atoms with Crippen molar-refractivity contribution in [2.75, 3.05) is 6.61 Å². The predicted octanol–water partition coefficient (Wildman–Crippen LogP) is -2.77. The molecule has 0 aromatic carbocycles. The minimum atomic E-state index is -1.76. The van der Waals surface area contributed by atoms with E-state index in [0.717, 1.165) is 0 Å². The van der Waals surface area contributed by atoms with Gasteiger partial charge in [-0.25, -0.2) is 4.79 Å². The van der Waals surface area contributed by atoms with Crippen LogP contribution < -0.4 is 21.7 Å². The molecule has 0 aromatic heterocycles. The van der Waals surface area contributed by atoms with Crippen LogP contribution in [0.25, 0.3) is 0 Å². The number of amides is 3. The average molecular weight is 462 g/mol. The minimum absolute atomic E-state index is 0.254. The summed E-state index contributed by atoms with van der Waals surface area (Å²) >= 11 is 0. The van der Waals surface area contributed by atoms with Crippen LogP contribution in [0.5, 0.6) is 0 Å². The molecule has 182 valence electrons. The lowest BCUT2D eigenvalue weighted by Crippen LogP contribution is -2.58. The largest absolute Gasteiger partial charge is 0.481 e. The highest BCUT2D eigenvalue weighted by atomic mass is 16.4. The topological polar surface area (TPSA) is 245 Å². The summed E-state index contributed by atoms with van der Waals surface area (Å²) in [6, 6.07) is -5.96. The Bertz CT molecular complexity index is 714. The molecule has 0 spiro atoms. The zero-order chi connectivity index (χ0) is 25.0. The van der Waals surface area contributed by atoms with E-state index in [4.69, 9.17) is 26.2 Å². The maximum atomic E-state index is 12.6. The van der Waals surface area contributed by atoms with E-state index in [1.165, 1.54) is 0 Å². The van der Waals surface area contributed by atoms with Gasteiger partial charge in [-0.3, -0.25) is 24.0 Å². The molecule has 0 aromatic rings. The number of nitrogens with two attached hydrogens (primary N) is 1. The molecule has 0 aliphatic rings. The molecule has 3 amide bonds. The van der Waals surface area contributed by atoms with Crippen LogP contribution in [-0.2, 0) is 28.8 Å². The van der Waals surface area contributed by atoms with Gasteiger partial charge in [-0.05, 0) is 12.3 Å². The number of hydrogen-bond donors (Lipinski definition) is 8. The number of aliphatic carboxylic acids is 3. The first-order valence-electron chi connectivity index (χ1n) is 9.77. The summed E-state index contributed by atoms with van der Waals surface area (Å²) in [5.41, 5.74) is 5.81. The van der Waals surface area contributed by atoms with E-state index in [9.17, 15) is 28.8 Å². The quantitative estimate of drug-likeness (QED) is 0.124. The molecule has 0 fully saturated rings. The Balaban J connectivity index is 5.54. The highest BCUT2D eigenvalue weighted by Crippen LogP contribution is 2.07. The number of rotatable bonds is 15. The molecular weight excluding hydrogens is 432 g/mol. The van der Waals surface area contributed by atoms with Crippen LogP contribution in [0, 0.1) is 5.92 Å². The van der Waals surface area contributed by atoms with E-state index in [1.54, 1.807) is 13.8 Å². The number of hydrogen-bond acceptors (Lipinski definition) is 8. The van der Waals surface area contributed by atoms with Crippen molar-refractivity contribution in [2.24, 2.45) is 11.7 Å². The third-order valence-corrected chi connectivity index (χ3v) is 4.65. The third kappa shape index (κ3) is 10.2. The second-order valence-electron chi connectivity index (χ2n) is 7.15. The van der Waals surface area contributed by atoms with Crippen molar-refractivity contribution in [3.63, 3.8) is 0 Å². The maximum Gasteiger partial charge on any atom is 0.328 e. The van der Waals surface area contributed by atoms with E-state index in [2.05, 4.69) is 10.6 Å². The van der Waals surface area contributed by atoms with Crippen LogP contribution in [-0.4, -0.2) is 86.8 Å². The lowest BCUT2D eigenvalue weighted by atomic mass is 9.98. The fourth-order valence-electron chi connectivity index (χ4n) is 2.43. The van der Waals surface area contributed by atoms with Crippen LogP contribution in [0.4, 0.5) is 0 Å². The molecule has 0 aliphatic heterocycles. The Morgan fingerprint density at radius 3 is 1.75 bits per heavy atom. The summed E-state index contributed by atoms with van der Waals surface area (Å²) in [6.07, 6.45) is -1.30. The van der Waals surface area contributed by atoms with Gasteiger partial charge >= 0.3 is 17.9 Å². The summed E-state index contributed by atoms with van der Waals surface area (Å²) in [4.78, 5) is 70.2. The van der Waals surface area contributed by atoms with Gasteiger partial charge in [-0.1, -0.05) is 20.3 Å². The van der Waals surface area contributed by atoms with E-state index < -0.39 is 79.2 Å². The number of aliphatic hydroxyl groups is 1. The molecule has 0 radical (unpaired) electrons. The zero-order valence-electron chi connectivity index (χ0n) is 17.7. The average Bonchev–Trinajstić information content (AvgIpc) is 2.71.